The molecule has 1 amide bonds. The molecule has 2 aromatic carbocycles. The van der Waals surface area contributed by atoms with Gasteiger partial charge in [-0.25, -0.2) is 4.98 Å². The molecular weight excluding hydrogens is 462 g/mol. The van der Waals surface area contributed by atoms with E-state index < -0.39 is 0 Å². The maximum Gasteiger partial charge on any atom is 0.284 e. The first-order valence-corrected chi connectivity index (χ1v) is 12.8. The highest BCUT2D eigenvalue weighted by Crippen LogP contribution is 2.30. The third-order valence-corrected chi connectivity index (χ3v) is 6.91. The molecular formula is C26H27N5O3S. The van der Waals surface area contributed by atoms with Crippen LogP contribution >= 0.6 is 11.8 Å². The molecule has 5 rings (SSSR count). The van der Waals surface area contributed by atoms with Crippen LogP contribution in [0.15, 0.2) is 70.6 Å². The van der Waals surface area contributed by atoms with Gasteiger partial charge in [-0.05, 0) is 43.5 Å². The van der Waals surface area contributed by atoms with Crippen molar-refractivity contribution in [2.45, 2.75) is 37.4 Å². The van der Waals surface area contributed by atoms with Crippen molar-refractivity contribution in [2.75, 3.05) is 18.9 Å². The molecule has 0 aromatic heterocycles. The predicted molar refractivity (Wildman–Crippen MR) is 135 cm³/mol. The summed E-state index contributed by atoms with van der Waals surface area (Å²) >= 11 is 1.38. The van der Waals surface area contributed by atoms with Crippen LogP contribution in [0.3, 0.4) is 0 Å². The third-order valence-electron chi connectivity index (χ3n) is 5.94. The van der Waals surface area contributed by atoms with E-state index in [-0.39, 0.29) is 17.2 Å². The maximum atomic E-state index is 13.3. The molecule has 2 aromatic rings. The maximum absolute atomic E-state index is 13.3. The molecule has 0 saturated heterocycles. The molecule has 3 aliphatic rings. The highest BCUT2D eigenvalue weighted by Gasteiger charge is 2.27. The molecule has 1 N–H and O–H groups in total. The highest BCUT2D eigenvalue weighted by atomic mass is 32.2. The second-order valence-corrected chi connectivity index (χ2v) is 9.30. The Morgan fingerprint density at radius 3 is 2.60 bits per heavy atom. The minimum atomic E-state index is -0.142. The normalized spacial score (nSPS) is 13.3. The molecule has 9 heteroatoms. The van der Waals surface area contributed by atoms with Crippen LogP contribution < -0.4 is 15.6 Å². The Balaban J connectivity index is 1.32. The van der Waals surface area contributed by atoms with E-state index in [0.717, 1.165) is 48.8 Å². The van der Waals surface area contributed by atoms with Gasteiger partial charge >= 0.3 is 0 Å². The van der Waals surface area contributed by atoms with Crippen molar-refractivity contribution >= 4 is 17.7 Å². The van der Waals surface area contributed by atoms with E-state index in [4.69, 9.17) is 9.72 Å². The van der Waals surface area contributed by atoms with Gasteiger partial charge in [0.05, 0.1) is 18.0 Å². The number of nitrogens with zero attached hydrogens (tertiary/aromatic N) is 4. The molecule has 3 aliphatic heterocycles. The van der Waals surface area contributed by atoms with Crippen molar-refractivity contribution in [2.24, 2.45) is 0 Å². The van der Waals surface area contributed by atoms with Crippen LogP contribution in [-0.4, -0.2) is 44.1 Å². The zero-order chi connectivity index (χ0) is 24.0. The van der Waals surface area contributed by atoms with E-state index in [1.54, 1.807) is 0 Å². The average molecular weight is 490 g/mol. The van der Waals surface area contributed by atoms with Crippen molar-refractivity contribution in [1.82, 2.24) is 24.6 Å². The fraction of sp³-hybridized carbons (Fsp3) is 0.308. The highest BCUT2D eigenvalue weighted by molar-refractivity contribution is 7.99. The second kappa shape index (κ2) is 10.8. The van der Waals surface area contributed by atoms with Gasteiger partial charge < -0.3 is 14.6 Å². The molecule has 0 atom stereocenters. The number of carbonyl (C=O) groups excluding carboxylic acids is 1. The first-order valence-electron chi connectivity index (χ1n) is 11.9. The molecule has 0 aliphatic carbocycles. The second-order valence-electron chi connectivity index (χ2n) is 8.35. The SMILES string of the molecule is O=C(CSc1nc2nn(-c3ccccc3)c(=O)c-2c2n1CCCCC2)NCCOc1ccccc1. The van der Waals surface area contributed by atoms with E-state index in [1.807, 2.05) is 60.7 Å². The lowest BCUT2D eigenvalue weighted by molar-refractivity contribution is -0.118. The van der Waals surface area contributed by atoms with Crippen LogP contribution in [0.2, 0.25) is 0 Å². The number of amides is 1. The molecule has 0 radical (unpaired) electrons. The van der Waals surface area contributed by atoms with Crippen LogP contribution in [0.25, 0.3) is 17.1 Å². The largest absolute Gasteiger partial charge is 0.492 e. The van der Waals surface area contributed by atoms with Gasteiger partial charge in [-0.2, -0.15) is 4.68 Å². The minimum absolute atomic E-state index is 0.0872. The first-order chi connectivity index (χ1) is 17.2. The first kappa shape index (κ1) is 23.2. The number of hydrogen-bond donors (Lipinski definition) is 1. The van der Waals surface area contributed by atoms with Crippen LogP contribution in [0.5, 0.6) is 5.75 Å². The Bertz CT molecular complexity index is 1320. The van der Waals surface area contributed by atoms with E-state index in [1.165, 1.54) is 16.4 Å². The molecule has 0 unspecified atom stereocenters. The number of para-hydroxylation sites is 2. The van der Waals surface area contributed by atoms with E-state index in [2.05, 4.69) is 15.0 Å². The summed E-state index contributed by atoms with van der Waals surface area (Å²) in [6.07, 6.45) is 3.92. The topological polar surface area (TPSA) is 91.0 Å². The molecule has 0 bridgehead atoms. The smallest absolute Gasteiger partial charge is 0.284 e. The number of thioether (sulfide) groups is 1. The number of rotatable bonds is 8. The Morgan fingerprint density at radius 1 is 1.03 bits per heavy atom. The van der Waals surface area contributed by atoms with Gasteiger partial charge in [-0.1, -0.05) is 54.6 Å². The van der Waals surface area contributed by atoms with Gasteiger partial charge in [0, 0.05) is 12.2 Å². The summed E-state index contributed by atoms with van der Waals surface area (Å²) in [7, 11) is 0. The van der Waals surface area contributed by atoms with Crippen molar-refractivity contribution in [3.8, 4) is 22.8 Å². The van der Waals surface area contributed by atoms with Gasteiger partial charge in [0.1, 0.15) is 17.9 Å². The monoisotopic (exact) mass is 489 g/mol. The Hall–Kier alpha value is -3.59. The minimum Gasteiger partial charge on any atom is -0.492 e. The lowest BCUT2D eigenvalue weighted by Crippen LogP contribution is -2.29. The lowest BCUT2D eigenvalue weighted by atomic mass is 10.1. The van der Waals surface area contributed by atoms with Crippen LogP contribution in [0, 0.1) is 0 Å². The number of aromatic nitrogens is 4. The standard InChI is InChI=1S/C26H27N5O3S/c32-22(27-15-17-34-20-12-6-2-7-13-20)18-35-26-28-24-23(21-14-8-3-9-16-30(21)26)25(33)31(29-24)19-10-4-1-5-11-19/h1-2,4-7,10-13H,3,8-9,14-18H2,(H,27,32). The van der Waals surface area contributed by atoms with Gasteiger partial charge in [0.2, 0.25) is 5.91 Å². The molecule has 0 spiro atoms. The summed E-state index contributed by atoms with van der Waals surface area (Å²) < 4.78 is 9.17. The summed E-state index contributed by atoms with van der Waals surface area (Å²) in [5.74, 6) is 1.36. The van der Waals surface area contributed by atoms with Gasteiger partial charge in [0.25, 0.3) is 5.56 Å². The van der Waals surface area contributed by atoms with Crippen molar-refractivity contribution in [3.63, 3.8) is 0 Å². The fourth-order valence-electron chi connectivity index (χ4n) is 4.27. The van der Waals surface area contributed by atoms with Crippen LogP contribution in [-0.2, 0) is 17.8 Å². The molecule has 3 heterocycles. The molecule has 0 saturated carbocycles. The van der Waals surface area contributed by atoms with E-state index in [0.29, 0.717) is 30.2 Å². The lowest BCUT2D eigenvalue weighted by Gasteiger charge is -2.17. The van der Waals surface area contributed by atoms with Crippen LogP contribution in [0.1, 0.15) is 25.0 Å². The predicted octanol–water partition coefficient (Wildman–Crippen LogP) is 3.55. The number of carbonyl (C=O) groups is 1. The summed E-state index contributed by atoms with van der Waals surface area (Å²) in [4.78, 5) is 30.5. The van der Waals surface area contributed by atoms with Gasteiger partial charge in [-0.3, -0.25) is 9.59 Å². The Kier molecular flexibility index (Phi) is 7.13. The number of ether oxygens (including phenoxy) is 1. The average Bonchev–Trinajstić information content (AvgIpc) is 3.05. The van der Waals surface area contributed by atoms with E-state index in [9.17, 15) is 9.59 Å². The Labute approximate surface area is 207 Å². The fourth-order valence-corrected chi connectivity index (χ4v) is 5.14. The van der Waals surface area contributed by atoms with Crippen molar-refractivity contribution < 1.29 is 9.53 Å². The zero-order valence-corrected chi connectivity index (χ0v) is 20.2. The van der Waals surface area contributed by atoms with Crippen molar-refractivity contribution in [1.29, 1.82) is 0 Å². The van der Waals surface area contributed by atoms with E-state index >= 15 is 0 Å². The molecule has 35 heavy (non-hydrogen) atoms. The summed E-state index contributed by atoms with van der Waals surface area (Å²) in [5, 5.41) is 8.17. The number of benzene rings is 2. The summed E-state index contributed by atoms with van der Waals surface area (Å²) in [6.45, 7) is 1.61. The van der Waals surface area contributed by atoms with Gasteiger partial charge in [0.15, 0.2) is 11.0 Å². The molecule has 0 fully saturated rings. The van der Waals surface area contributed by atoms with Crippen molar-refractivity contribution in [3.05, 3.63) is 76.7 Å². The molecule has 8 nitrogen and oxygen atoms in total. The Morgan fingerprint density at radius 2 is 1.80 bits per heavy atom. The number of fused-ring (bicyclic) bond motifs is 3. The third kappa shape index (κ3) is 5.24. The van der Waals surface area contributed by atoms with Crippen LogP contribution in [0.4, 0.5) is 0 Å². The molecule has 180 valence electrons. The number of hydrogen-bond acceptors (Lipinski definition) is 6. The number of nitrogens with one attached hydrogen (secondary N) is 1. The quantitative estimate of drug-likeness (QED) is 0.231. The summed E-state index contributed by atoms with van der Waals surface area (Å²) in [6, 6.07) is 18.9. The zero-order valence-electron chi connectivity index (χ0n) is 19.4. The van der Waals surface area contributed by atoms with Gasteiger partial charge in [-0.15, -0.1) is 5.10 Å². The summed E-state index contributed by atoms with van der Waals surface area (Å²) in [5.41, 5.74) is 2.13.